The Labute approximate surface area is 128 Å². The fourth-order valence-electron chi connectivity index (χ4n) is 2.41. The van der Waals surface area contributed by atoms with Gasteiger partial charge in [0, 0.05) is 13.5 Å². The zero-order valence-corrected chi connectivity index (χ0v) is 12.7. The molecule has 1 fully saturated rings. The molecule has 0 heterocycles. The summed E-state index contributed by atoms with van der Waals surface area (Å²) in [6.07, 6.45) is 3.44. The van der Waals surface area contributed by atoms with Crippen LogP contribution in [0.2, 0.25) is 10.0 Å². The van der Waals surface area contributed by atoms with Crippen LogP contribution in [0.15, 0.2) is 12.1 Å². The second-order valence-electron chi connectivity index (χ2n) is 4.87. The topological polar surface area (TPSA) is 61.5 Å². The van der Waals surface area contributed by atoms with Crippen molar-refractivity contribution in [3.8, 4) is 0 Å². The minimum atomic E-state index is -0.531. The molecule has 110 valence electrons. The van der Waals surface area contributed by atoms with Gasteiger partial charge in [-0.2, -0.15) is 0 Å². The Hall–Kier alpha value is -0.970. The molecule has 0 bridgehead atoms. The van der Waals surface area contributed by atoms with Crippen LogP contribution in [0, 0.1) is 0 Å². The highest BCUT2D eigenvalue weighted by molar-refractivity contribution is 6.38. The van der Waals surface area contributed by atoms with Gasteiger partial charge >= 0.3 is 5.97 Å². The van der Waals surface area contributed by atoms with E-state index in [2.05, 4.69) is 0 Å². The molecule has 2 unspecified atom stereocenters. The standard InChI is InChI=1S/C14H17Cl2NO3/c1-19-8-3-2-4-9(7-8)20-14(18)12-10(15)5-6-11(16)13(12)17/h5-6,8-9H,2-4,7,17H2,1H3. The smallest absolute Gasteiger partial charge is 0.342 e. The van der Waals surface area contributed by atoms with Crippen LogP contribution in [0.4, 0.5) is 5.69 Å². The third kappa shape index (κ3) is 3.37. The van der Waals surface area contributed by atoms with Gasteiger partial charge in [0.25, 0.3) is 0 Å². The quantitative estimate of drug-likeness (QED) is 0.682. The molecule has 0 aliphatic heterocycles. The summed E-state index contributed by atoms with van der Waals surface area (Å²) in [6, 6.07) is 3.09. The normalized spacial score (nSPS) is 22.6. The van der Waals surface area contributed by atoms with E-state index >= 15 is 0 Å². The van der Waals surface area contributed by atoms with Crippen LogP contribution < -0.4 is 5.73 Å². The van der Waals surface area contributed by atoms with Crippen molar-refractivity contribution >= 4 is 34.9 Å². The third-order valence-electron chi connectivity index (χ3n) is 3.53. The highest BCUT2D eigenvalue weighted by atomic mass is 35.5. The van der Waals surface area contributed by atoms with E-state index in [0.29, 0.717) is 11.4 Å². The van der Waals surface area contributed by atoms with Crippen LogP contribution in [0.1, 0.15) is 36.0 Å². The van der Waals surface area contributed by atoms with Gasteiger partial charge in [-0.25, -0.2) is 4.79 Å². The van der Waals surface area contributed by atoms with E-state index in [-0.39, 0.29) is 28.5 Å². The second kappa shape index (κ2) is 6.66. The lowest BCUT2D eigenvalue weighted by molar-refractivity contribution is -0.0148. The number of anilines is 1. The Bertz CT molecular complexity index is 507. The van der Waals surface area contributed by atoms with Crippen LogP contribution in [-0.4, -0.2) is 25.3 Å². The van der Waals surface area contributed by atoms with Gasteiger partial charge in [-0.1, -0.05) is 23.2 Å². The van der Waals surface area contributed by atoms with Gasteiger partial charge in [-0.05, 0) is 31.4 Å². The van der Waals surface area contributed by atoms with Crippen molar-refractivity contribution in [3.05, 3.63) is 27.7 Å². The van der Waals surface area contributed by atoms with Gasteiger partial charge in [0.05, 0.1) is 21.8 Å². The number of carbonyl (C=O) groups is 1. The maximum atomic E-state index is 12.2. The maximum Gasteiger partial charge on any atom is 0.342 e. The van der Waals surface area contributed by atoms with Gasteiger partial charge in [0.2, 0.25) is 0 Å². The van der Waals surface area contributed by atoms with Crippen molar-refractivity contribution in [3.63, 3.8) is 0 Å². The highest BCUT2D eigenvalue weighted by Gasteiger charge is 2.27. The number of nitrogen functional groups attached to an aromatic ring is 1. The van der Waals surface area contributed by atoms with Crippen LogP contribution in [-0.2, 0) is 9.47 Å². The molecular weight excluding hydrogens is 301 g/mol. The van der Waals surface area contributed by atoms with Crippen molar-refractivity contribution in [2.24, 2.45) is 0 Å². The summed E-state index contributed by atoms with van der Waals surface area (Å²) in [4.78, 5) is 12.2. The fraction of sp³-hybridized carbons (Fsp3) is 0.500. The van der Waals surface area contributed by atoms with Crippen molar-refractivity contribution < 1.29 is 14.3 Å². The first kappa shape index (κ1) is 15.4. The number of hydrogen-bond acceptors (Lipinski definition) is 4. The lowest BCUT2D eigenvalue weighted by atomic mass is 9.95. The number of carbonyl (C=O) groups excluding carboxylic acids is 1. The molecular formula is C14H17Cl2NO3. The molecule has 1 aliphatic rings. The molecule has 0 aromatic heterocycles. The van der Waals surface area contributed by atoms with Gasteiger partial charge in [0.1, 0.15) is 11.7 Å². The summed E-state index contributed by atoms with van der Waals surface area (Å²) in [7, 11) is 1.67. The molecule has 4 nitrogen and oxygen atoms in total. The monoisotopic (exact) mass is 317 g/mol. The SMILES string of the molecule is COC1CCCC(OC(=O)c2c(Cl)ccc(Cl)c2N)C1. The van der Waals surface area contributed by atoms with E-state index in [9.17, 15) is 4.79 Å². The summed E-state index contributed by atoms with van der Waals surface area (Å²) in [6.45, 7) is 0. The lowest BCUT2D eigenvalue weighted by Crippen LogP contribution is -2.29. The first-order chi connectivity index (χ1) is 9.52. The van der Waals surface area contributed by atoms with Crippen molar-refractivity contribution in [2.45, 2.75) is 37.9 Å². The maximum absolute atomic E-state index is 12.2. The molecule has 1 aromatic rings. The molecule has 1 aliphatic carbocycles. The zero-order chi connectivity index (χ0) is 14.7. The number of methoxy groups -OCH3 is 1. The summed E-state index contributed by atoms with van der Waals surface area (Å²) in [5, 5.41) is 0.538. The molecule has 2 atom stereocenters. The molecule has 0 radical (unpaired) electrons. The molecule has 2 N–H and O–H groups in total. The van der Waals surface area contributed by atoms with Gasteiger partial charge in [-0.3, -0.25) is 0 Å². The van der Waals surface area contributed by atoms with Crippen molar-refractivity contribution in [1.82, 2.24) is 0 Å². The Morgan fingerprint density at radius 1 is 1.25 bits per heavy atom. The Morgan fingerprint density at radius 2 is 1.90 bits per heavy atom. The average molecular weight is 318 g/mol. The number of esters is 1. The van der Waals surface area contributed by atoms with Crippen LogP contribution >= 0.6 is 23.2 Å². The Kier molecular flexibility index (Phi) is 5.13. The average Bonchev–Trinajstić information content (AvgIpc) is 2.43. The third-order valence-corrected chi connectivity index (χ3v) is 4.18. The van der Waals surface area contributed by atoms with Gasteiger partial charge < -0.3 is 15.2 Å². The number of benzene rings is 1. The number of halogens is 2. The van der Waals surface area contributed by atoms with Crippen LogP contribution in [0.3, 0.4) is 0 Å². The van der Waals surface area contributed by atoms with E-state index < -0.39 is 5.97 Å². The minimum Gasteiger partial charge on any atom is -0.459 e. The molecule has 0 saturated heterocycles. The van der Waals surface area contributed by atoms with Crippen molar-refractivity contribution in [1.29, 1.82) is 0 Å². The van der Waals surface area contributed by atoms with Crippen LogP contribution in [0.25, 0.3) is 0 Å². The molecule has 0 amide bonds. The fourth-order valence-corrected chi connectivity index (χ4v) is 2.81. The summed E-state index contributed by atoms with van der Waals surface area (Å²) < 4.78 is 10.8. The van der Waals surface area contributed by atoms with E-state index in [0.717, 1.165) is 19.3 Å². The largest absolute Gasteiger partial charge is 0.459 e. The van der Waals surface area contributed by atoms with Gasteiger partial charge in [0.15, 0.2) is 0 Å². The Morgan fingerprint density at radius 3 is 2.60 bits per heavy atom. The van der Waals surface area contributed by atoms with Crippen molar-refractivity contribution in [2.75, 3.05) is 12.8 Å². The van der Waals surface area contributed by atoms with E-state index in [1.807, 2.05) is 0 Å². The first-order valence-corrected chi connectivity index (χ1v) is 7.25. The molecule has 6 heteroatoms. The Balaban J connectivity index is 2.11. The number of ether oxygens (including phenoxy) is 2. The molecule has 20 heavy (non-hydrogen) atoms. The predicted molar refractivity (Wildman–Crippen MR) is 79.3 cm³/mol. The van der Waals surface area contributed by atoms with E-state index in [1.54, 1.807) is 13.2 Å². The molecule has 1 aromatic carbocycles. The molecule has 2 rings (SSSR count). The van der Waals surface area contributed by atoms with E-state index in [1.165, 1.54) is 6.07 Å². The van der Waals surface area contributed by atoms with Gasteiger partial charge in [-0.15, -0.1) is 0 Å². The lowest BCUT2D eigenvalue weighted by Gasteiger charge is -2.28. The van der Waals surface area contributed by atoms with E-state index in [4.69, 9.17) is 38.4 Å². The summed E-state index contributed by atoms with van der Waals surface area (Å²) in [5.41, 5.74) is 6.09. The van der Waals surface area contributed by atoms with Crippen LogP contribution in [0.5, 0.6) is 0 Å². The summed E-state index contributed by atoms with van der Waals surface area (Å²) >= 11 is 11.9. The second-order valence-corrected chi connectivity index (χ2v) is 5.68. The number of rotatable bonds is 3. The molecule has 0 spiro atoms. The first-order valence-electron chi connectivity index (χ1n) is 6.50. The highest BCUT2D eigenvalue weighted by Crippen LogP contribution is 2.31. The summed E-state index contributed by atoms with van der Waals surface area (Å²) in [5.74, 6) is -0.531. The number of hydrogen-bond donors (Lipinski definition) is 1. The zero-order valence-electron chi connectivity index (χ0n) is 11.2. The minimum absolute atomic E-state index is 0.133. The molecule has 1 saturated carbocycles. The number of nitrogens with two attached hydrogens (primary N) is 1. The predicted octanol–water partition coefficient (Wildman–Crippen LogP) is 3.69.